The Hall–Kier alpha value is -1.18. The fourth-order valence-electron chi connectivity index (χ4n) is 2.78. The molecule has 19 heavy (non-hydrogen) atoms. The summed E-state index contributed by atoms with van der Waals surface area (Å²) in [5, 5.41) is 0. The van der Waals surface area contributed by atoms with Gasteiger partial charge in [-0.2, -0.15) is 0 Å². The molecule has 0 saturated carbocycles. The molecule has 2 heteroatoms. The maximum Gasteiger partial charge on any atom is 0.102 e. The number of likely N-dealkylation sites (tertiary alicyclic amines) is 1. The molecule has 1 aliphatic rings. The van der Waals surface area contributed by atoms with Crippen LogP contribution in [-0.2, 0) is 6.42 Å². The van der Waals surface area contributed by atoms with Crippen molar-refractivity contribution in [2.24, 2.45) is 5.92 Å². The molecule has 102 valence electrons. The predicted octanol–water partition coefficient (Wildman–Crippen LogP) is 3.16. The summed E-state index contributed by atoms with van der Waals surface area (Å²) >= 11 is 0. The SMILES string of the molecule is BC[C@H](C)c1ccc(C)c(CC2CN(C(=C)C)C2)c1. The normalized spacial score (nSPS) is 17.1. The number of hydrogen-bond acceptors (Lipinski definition) is 1. The lowest BCUT2D eigenvalue weighted by molar-refractivity contribution is 0.144. The molecule has 0 aliphatic carbocycles. The lowest BCUT2D eigenvalue weighted by Gasteiger charge is -2.41. The van der Waals surface area contributed by atoms with Crippen LogP contribution in [0.2, 0.25) is 6.32 Å². The third kappa shape index (κ3) is 3.23. The Kier molecular flexibility index (Phi) is 4.39. The quantitative estimate of drug-likeness (QED) is 0.730. The van der Waals surface area contributed by atoms with E-state index in [1.165, 1.54) is 42.7 Å². The van der Waals surface area contributed by atoms with E-state index in [-0.39, 0.29) is 0 Å². The second-order valence-electron chi connectivity index (χ2n) is 6.21. The van der Waals surface area contributed by atoms with E-state index in [9.17, 15) is 0 Å². The zero-order valence-electron chi connectivity index (χ0n) is 12.9. The van der Waals surface area contributed by atoms with Crippen LogP contribution in [-0.4, -0.2) is 25.8 Å². The van der Waals surface area contributed by atoms with Crippen molar-refractivity contribution in [3.05, 3.63) is 47.2 Å². The molecule has 1 saturated heterocycles. The molecule has 0 bridgehead atoms. The first-order valence-corrected chi connectivity index (χ1v) is 7.51. The molecule has 1 aromatic carbocycles. The van der Waals surface area contributed by atoms with Crippen molar-refractivity contribution in [3.63, 3.8) is 0 Å². The van der Waals surface area contributed by atoms with Gasteiger partial charge in [0.2, 0.25) is 0 Å². The minimum atomic E-state index is 0.674. The van der Waals surface area contributed by atoms with Crippen molar-refractivity contribution in [1.29, 1.82) is 0 Å². The van der Waals surface area contributed by atoms with E-state index in [0.717, 1.165) is 5.92 Å². The van der Waals surface area contributed by atoms with Gasteiger partial charge >= 0.3 is 0 Å². The fraction of sp³-hybridized carbons (Fsp3) is 0.529. The highest BCUT2D eigenvalue weighted by atomic mass is 15.2. The molecule has 1 atom stereocenters. The Morgan fingerprint density at radius 2 is 2.16 bits per heavy atom. The fourth-order valence-corrected chi connectivity index (χ4v) is 2.78. The van der Waals surface area contributed by atoms with Gasteiger partial charge in [0.1, 0.15) is 7.85 Å². The summed E-state index contributed by atoms with van der Waals surface area (Å²) in [6.45, 7) is 13.0. The summed E-state index contributed by atoms with van der Waals surface area (Å²) < 4.78 is 0. The van der Waals surface area contributed by atoms with Gasteiger partial charge < -0.3 is 4.90 Å². The van der Waals surface area contributed by atoms with E-state index in [1.807, 2.05) is 0 Å². The molecule has 0 spiro atoms. The molecular formula is C17H26BN. The first-order chi connectivity index (χ1) is 9.01. The minimum absolute atomic E-state index is 0.674. The number of benzene rings is 1. The van der Waals surface area contributed by atoms with Crippen LogP contribution in [0.3, 0.4) is 0 Å². The van der Waals surface area contributed by atoms with Gasteiger partial charge in [-0.05, 0) is 48.8 Å². The molecule has 1 nitrogen and oxygen atoms in total. The second kappa shape index (κ2) is 5.86. The smallest absolute Gasteiger partial charge is 0.102 e. The maximum atomic E-state index is 4.01. The highest BCUT2D eigenvalue weighted by Gasteiger charge is 2.26. The van der Waals surface area contributed by atoms with Crippen molar-refractivity contribution < 1.29 is 0 Å². The third-order valence-corrected chi connectivity index (χ3v) is 4.56. The first kappa shape index (κ1) is 14.2. The van der Waals surface area contributed by atoms with Crippen LogP contribution >= 0.6 is 0 Å². The van der Waals surface area contributed by atoms with E-state index in [4.69, 9.17) is 0 Å². The lowest BCUT2D eigenvalue weighted by atomic mass is 9.84. The van der Waals surface area contributed by atoms with Crippen molar-refractivity contribution in [3.8, 4) is 0 Å². The summed E-state index contributed by atoms with van der Waals surface area (Å²) in [7, 11) is 2.26. The Bertz CT molecular complexity index is 460. The van der Waals surface area contributed by atoms with Crippen LogP contribution in [0.5, 0.6) is 0 Å². The topological polar surface area (TPSA) is 3.24 Å². The Balaban J connectivity index is 2.02. The van der Waals surface area contributed by atoms with Crippen molar-refractivity contribution >= 4 is 7.85 Å². The van der Waals surface area contributed by atoms with Crippen LogP contribution in [0, 0.1) is 12.8 Å². The highest BCUT2D eigenvalue weighted by molar-refractivity contribution is 6.09. The van der Waals surface area contributed by atoms with Crippen LogP contribution in [0.4, 0.5) is 0 Å². The number of nitrogens with zero attached hydrogens (tertiary/aromatic N) is 1. The Morgan fingerprint density at radius 3 is 2.74 bits per heavy atom. The van der Waals surface area contributed by atoms with E-state index >= 15 is 0 Å². The number of rotatable bonds is 5. The van der Waals surface area contributed by atoms with E-state index in [0.29, 0.717) is 5.92 Å². The van der Waals surface area contributed by atoms with Gasteiger partial charge in [0.05, 0.1) is 0 Å². The molecule has 0 radical (unpaired) electrons. The lowest BCUT2D eigenvalue weighted by Crippen LogP contribution is -2.46. The van der Waals surface area contributed by atoms with Crippen LogP contribution in [0.1, 0.15) is 36.5 Å². The number of allylic oxidation sites excluding steroid dienone is 1. The molecule has 1 aromatic rings. The first-order valence-electron chi connectivity index (χ1n) is 7.51. The molecule has 2 rings (SSSR count). The summed E-state index contributed by atoms with van der Waals surface area (Å²) in [5.74, 6) is 1.48. The Labute approximate surface area is 119 Å². The third-order valence-electron chi connectivity index (χ3n) is 4.56. The molecular weight excluding hydrogens is 229 g/mol. The average Bonchev–Trinajstić information content (AvgIpc) is 2.33. The molecule has 1 heterocycles. The Morgan fingerprint density at radius 1 is 1.47 bits per heavy atom. The van der Waals surface area contributed by atoms with E-state index in [2.05, 4.69) is 58.3 Å². The predicted molar refractivity (Wildman–Crippen MR) is 86.5 cm³/mol. The maximum absolute atomic E-state index is 4.01. The zero-order chi connectivity index (χ0) is 14.0. The standard InChI is InChI=1S/C17H26BN/c1-12(2)19-10-15(11-19)7-17-8-16(14(4)9-18)6-5-13(17)3/h5-6,8,14-15H,1,7,9-11,18H2,2-4H3/t14-/m0/s1. The van der Waals surface area contributed by atoms with Crippen molar-refractivity contribution in [1.82, 2.24) is 4.90 Å². The van der Waals surface area contributed by atoms with Gasteiger partial charge in [0, 0.05) is 18.8 Å². The number of aryl methyl sites for hydroxylation is 1. The summed E-state index contributed by atoms with van der Waals surface area (Å²) in [4.78, 5) is 2.37. The summed E-state index contributed by atoms with van der Waals surface area (Å²) in [5.41, 5.74) is 5.70. The van der Waals surface area contributed by atoms with Crippen molar-refractivity contribution in [2.45, 2.75) is 39.4 Å². The van der Waals surface area contributed by atoms with Gasteiger partial charge in [-0.15, -0.1) is 0 Å². The molecule has 0 amide bonds. The van der Waals surface area contributed by atoms with Crippen LogP contribution in [0.15, 0.2) is 30.5 Å². The summed E-state index contributed by atoms with van der Waals surface area (Å²) in [6.07, 6.45) is 2.44. The summed E-state index contributed by atoms with van der Waals surface area (Å²) in [6, 6.07) is 7.03. The van der Waals surface area contributed by atoms with Gasteiger partial charge in [0.15, 0.2) is 0 Å². The molecule has 0 N–H and O–H groups in total. The number of hydrogen-bond donors (Lipinski definition) is 0. The highest BCUT2D eigenvalue weighted by Crippen LogP contribution is 2.27. The molecule has 1 fully saturated rings. The molecule has 1 aliphatic heterocycles. The second-order valence-corrected chi connectivity index (χ2v) is 6.21. The monoisotopic (exact) mass is 255 g/mol. The van der Waals surface area contributed by atoms with Gasteiger partial charge in [-0.1, -0.05) is 38.0 Å². The average molecular weight is 255 g/mol. The molecule has 0 unspecified atom stereocenters. The minimum Gasteiger partial charge on any atom is -0.375 e. The van der Waals surface area contributed by atoms with Gasteiger partial charge in [-0.25, -0.2) is 0 Å². The molecule has 0 aromatic heterocycles. The van der Waals surface area contributed by atoms with Gasteiger partial charge in [-0.3, -0.25) is 0 Å². The largest absolute Gasteiger partial charge is 0.375 e. The van der Waals surface area contributed by atoms with Crippen LogP contribution < -0.4 is 0 Å². The van der Waals surface area contributed by atoms with E-state index in [1.54, 1.807) is 5.56 Å². The zero-order valence-corrected chi connectivity index (χ0v) is 12.9. The van der Waals surface area contributed by atoms with Crippen LogP contribution in [0.25, 0.3) is 0 Å². The van der Waals surface area contributed by atoms with Crippen molar-refractivity contribution in [2.75, 3.05) is 13.1 Å². The van der Waals surface area contributed by atoms with E-state index < -0.39 is 0 Å². The van der Waals surface area contributed by atoms with Gasteiger partial charge in [0.25, 0.3) is 0 Å².